The summed E-state index contributed by atoms with van der Waals surface area (Å²) < 4.78 is 0. The van der Waals surface area contributed by atoms with E-state index in [9.17, 15) is 15.0 Å². The zero-order valence-corrected chi connectivity index (χ0v) is 10.3. The summed E-state index contributed by atoms with van der Waals surface area (Å²) in [5, 5.41) is 20.7. The van der Waals surface area contributed by atoms with Gasteiger partial charge in [-0.05, 0) is 31.6 Å². The first-order valence-corrected chi connectivity index (χ1v) is 6.18. The lowest BCUT2D eigenvalue weighted by Gasteiger charge is -2.40. The van der Waals surface area contributed by atoms with Crippen LogP contribution in [-0.4, -0.2) is 27.7 Å². The molecule has 0 radical (unpaired) electrons. The van der Waals surface area contributed by atoms with Crippen LogP contribution in [0.3, 0.4) is 0 Å². The Morgan fingerprint density at radius 1 is 1.35 bits per heavy atom. The van der Waals surface area contributed by atoms with E-state index in [4.69, 9.17) is 0 Å². The van der Waals surface area contributed by atoms with Crippen molar-refractivity contribution in [1.29, 1.82) is 0 Å². The molecule has 0 amide bonds. The van der Waals surface area contributed by atoms with Gasteiger partial charge in [0.2, 0.25) is 0 Å². The van der Waals surface area contributed by atoms with E-state index in [1.54, 1.807) is 12.2 Å². The van der Waals surface area contributed by atoms with Gasteiger partial charge in [0, 0.05) is 12.8 Å². The molecule has 1 saturated carbocycles. The average molecular weight is 238 g/mol. The van der Waals surface area contributed by atoms with Crippen LogP contribution in [0, 0.1) is 5.92 Å². The Morgan fingerprint density at radius 2 is 1.94 bits per heavy atom. The molecule has 17 heavy (non-hydrogen) atoms. The minimum atomic E-state index is -1.17. The van der Waals surface area contributed by atoms with E-state index in [0.29, 0.717) is 38.5 Å². The third-order valence-electron chi connectivity index (χ3n) is 3.69. The Kier molecular flexibility index (Phi) is 5.09. The minimum Gasteiger partial charge on any atom is -0.390 e. The fourth-order valence-corrected chi connectivity index (χ4v) is 2.61. The molecule has 96 valence electrons. The van der Waals surface area contributed by atoms with Crippen LogP contribution in [0.4, 0.5) is 0 Å². The molecular formula is C14H22O3. The van der Waals surface area contributed by atoms with Gasteiger partial charge in [-0.25, -0.2) is 0 Å². The number of aliphatic hydroxyl groups excluding tert-OH is 1. The molecule has 0 spiro atoms. The predicted molar refractivity (Wildman–Crippen MR) is 67.5 cm³/mol. The lowest BCUT2D eigenvalue weighted by molar-refractivity contribution is -0.133. The number of ketones is 1. The normalized spacial score (nSPS) is 22.8. The molecule has 0 heterocycles. The smallest absolute Gasteiger partial charge is 0.132 e. The molecule has 0 aromatic carbocycles. The van der Waals surface area contributed by atoms with Gasteiger partial charge in [-0.15, -0.1) is 13.2 Å². The Balaban J connectivity index is 2.78. The fraction of sp³-hybridized carbons (Fsp3) is 0.643. The number of hydrogen-bond donors (Lipinski definition) is 2. The van der Waals surface area contributed by atoms with E-state index in [1.165, 1.54) is 0 Å². The highest BCUT2D eigenvalue weighted by molar-refractivity contribution is 5.79. The van der Waals surface area contributed by atoms with E-state index in [-0.39, 0.29) is 11.7 Å². The second-order valence-corrected chi connectivity index (χ2v) is 4.84. The molecule has 0 aromatic rings. The SMILES string of the molecule is C=CCC(O)C(O)(CC=C)C1CCC(=O)CC1. The van der Waals surface area contributed by atoms with Gasteiger partial charge in [0.1, 0.15) is 5.78 Å². The van der Waals surface area contributed by atoms with E-state index in [0.717, 1.165) is 0 Å². The van der Waals surface area contributed by atoms with Crippen LogP contribution in [0.25, 0.3) is 0 Å². The summed E-state index contributed by atoms with van der Waals surface area (Å²) in [7, 11) is 0. The Morgan fingerprint density at radius 3 is 2.41 bits per heavy atom. The zero-order valence-electron chi connectivity index (χ0n) is 10.3. The van der Waals surface area contributed by atoms with Gasteiger partial charge in [0.05, 0.1) is 11.7 Å². The summed E-state index contributed by atoms with van der Waals surface area (Å²) in [5.74, 6) is 0.216. The monoisotopic (exact) mass is 238 g/mol. The maximum absolute atomic E-state index is 11.2. The number of rotatable bonds is 6. The molecule has 0 aromatic heterocycles. The van der Waals surface area contributed by atoms with Gasteiger partial charge in [-0.1, -0.05) is 12.2 Å². The van der Waals surface area contributed by atoms with Crippen LogP contribution in [0.1, 0.15) is 38.5 Å². The summed E-state index contributed by atoms with van der Waals surface area (Å²) >= 11 is 0. The Hall–Kier alpha value is -0.930. The maximum atomic E-state index is 11.2. The number of hydrogen-bond acceptors (Lipinski definition) is 3. The Labute approximate surface area is 103 Å². The third kappa shape index (κ3) is 3.27. The van der Waals surface area contributed by atoms with E-state index in [1.807, 2.05) is 0 Å². The van der Waals surface area contributed by atoms with Gasteiger partial charge in [0.25, 0.3) is 0 Å². The molecule has 2 atom stereocenters. The molecule has 3 heteroatoms. The van der Waals surface area contributed by atoms with Gasteiger partial charge >= 0.3 is 0 Å². The first-order valence-electron chi connectivity index (χ1n) is 6.18. The second kappa shape index (κ2) is 6.12. The number of Topliss-reactive ketones (excluding diaryl/α,β-unsaturated/α-hetero) is 1. The number of aliphatic hydroxyl groups is 2. The van der Waals surface area contributed by atoms with E-state index in [2.05, 4.69) is 13.2 Å². The van der Waals surface area contributed by atoms with Crippen molar-refractivity contribution in [2.24, 2.45) is 5.92 Å². The van der Waals surface area contributed by atoms with E-state index < -0.39 is 11.7 Å². The van der Waals surface area contributed by atoms with Crippen molar-refractivity contribution < 1.29 is 15.0 Å². The standard InChI is InChI=1S/C14H22O3/c1-3-5-13(16)14(17,10-4-2)11-6-8-12(15)9-7-11/h3-4,11,13,16-17H,1-2,5-10H2. The highest BCUT2D eigenvalue weighted by Gasteiger charge is 2.42. The van der Waals surface area contributed by atoms with Crippen molar-refractivity contribution in [3.05, 3.63) is 25.3 Å². The predicted octanol–water partition coefficient (Wildman–Crippen LogP) is 1.99. The average Bonchev–Trinajstić information content (AvgIpc) is 2.30. The Bertz CT molecular complexity index is 288. The van der Waals surface area contributed by atoms with Gasteiger partial charge < -0.3 is 10.2 Å². The first-order chi connectivity index (χ1) is 8.04. The molecule has 0 saturated heterocycles. The quantitative estimate of drug-likeness (QED) is 0.696. The topological polar surface area (TPSA) is 57.5 Å². The number of carbonyl (C=O) groups excluding carboxylic acids is 1. The van der Waals surface area contributed by atoms with Crippen molar-refractivity contribution >= 4 is 5.78 Å². The minimum absolute atomic E-state index is 0.0341. The summed E-state index contributed by atoms with van der Waals surface area (Å²) in [4.78, 5) is 11.2. The summed E-state index contributed by atoms with van der Waals surface area (Å²) in [5.41, 5.74) is -1.17. The van der Waals surface area contributed by atoms with Crippen LogP contribution in [0.5, 0.6) is 0 Å². The highest BCUT2D eigenvalue weighted by Crippen LogP contribution is 2.37. The molecule has 3 nitrogen and oxygen atoms in total. The fourth-order valence-electron chi connectivity index (χ4n) is 2.61. The summed E-state index contributed by atoms with van der Waals surface area (Å²) in [6.07, 6.45) is 5.41. The van der Waals surface area contributed by atoms with Crippen LogP contribution in [0.15, 0.2) is 25.3 Å². The lowest BCUT2D eigenvalue weighted by Crippen LogP contribution is -2.49. The van der Waals surface area contributed by atoms with Gasteiger partial charge in [-0.2, -0.15) is 0 Å². The molecule has 1 aliphatic rings. The third-order valence-corrected chi connectivity index (χ3v) is 3.69. The molecule has 1 rings (SSSR count). The van der Waals surface area contributed by atoms with E-state index >= 15 is 0 Å². The lowest BCUT2D eigenvalue weighted by atomic mass is 9.71. The van der Waals surface area contributed by atoms with Crippen LogP contribution >= 0.6 is 0 Å². The van der Waals surface area contributed by atoms with Crippen LogP contribution < -0.4 is 0 Å². The maximum Gasteiger partial charge on any atom is 0.132 e. The van der Waals surface area contributed by atoms with Crippen LogP contribution in [-0.2, 0) is 4.79 Å². The molecule has 1 fully saturated rings. The second-order valence-electron chi connectivity index (χ2n) is 4.84. The number of carbonyl (C=O) groups is 1. The van der Waals surface area contributed by atoms with Crippen molar-refractivity contribution in [1.82, 2.24) is 0 Å². The molecule has 0 bridgehead atoms. The van der Waals surface area contributed by atoms with Crippen molar-refractivity contribution in [2.45, 2.75) is 50.2 Å². The molecule has 2 unspecified atom stereocenters. The van der Waals surface area contributed by atoms with Crippen molar-refractivity contribution in [3.8, 4) is 0 Å². The van der Waals surface area contributed by atoms with Gasteiger partial charge in [0.15, 0.2) is 0 Å². The molecule has 1 aliphatic carbocycles. The largest absolute Gasteiger partial charge is 0.390 e. The van der Waals surface area contributed by atoms with Gasteiger partial charge in [-0.3, -0.25) is 4.79 Å². The first kappa shape index (κ1) is 14.1. The molecular weight excluding hydrogens is 216 g/mol. The van der Waals surface area contributed by atoms with Crippen LogP contribution in [0.2, 0.25) is 0 Å². The summed E-state index contributed by atoms with van der Waals surface area (Å²) in [6, 6.07) is 0. The zero-order chi connectivity index (χ0) is 12.9. The molecule has 0 aliphatic heterocycles. The molecule has 2 N–H and O–H groups in total. The summed E-state index contributed by atoms with van der Waals surface area (Å²) in [6.45, 7) is 7.21. The van der Waals surface area contributed by atoms with Crippen molar-refractivity contribution in [2.75, 3.05) is 0 Å². The van der Waals surface area contributed by atoms with Crippen molar-refractivity contribution in [3.63, 3.8) is 0 Å². The highest BCUT2D eigenvalue weighted by atomic mass is 16.3.